The van der Waals surface area contributed by atoms with Gasteiger partial charge in [-0.1, -0.05) is 0 Å². The van der Waals surface area contributed by atoms with Crippen molar-refractivity contribution < 1.29 is 21.6 Å². The number of hydrogen-bond donors (Lipinski definition) is 2. The molecule has 1 aromatic rings. The first-order valence-electron chi connectivity index (χ1n) is 3.33. The van der Waals surface area contributed by atoms with Crippen LogP contribution in [0.5, 0.6) is 0 Å². The molecule has 0 atom stereocenters. The number of rotatable bonds is 2. The number of aryl methyl sites for hydroxylation is 1. The minimum atomic E-state index is -5.37. The van der Waals surface area contributed by atoms with E-state index in [4.69, 9.17) is 0 Å². The molecule has 9 heteroatoms. The van der Waals surface area contributed by atoms with Crippen molar-refractivity contribution in [1.82, 2.24) is 10.2 Å². The number of halogens is 3. The molecule has 0 fully saturated rings. The molecule has 0 saturated carbocycles. The van der Waals surface area contributed by atoms with Crippen molar-refractivity contribution in [1.29, 1.82) is 0 Å². The van der Waals surface area contributed by atoms with Gasteiger partial charge in [0.2, 0.25) is 0 Å². The van der Waals surface area contributed by atoms with E-state index in [1.807, 2.05) is 0 Å². The van der Waals surface area contributed by atoms with Gasteiger partial charge in [0.05, 0.1) is 0 Å². The van der Waals surface area contributed by atoms with Crippen LogP contribution in [0.2, 0.25) is 0 Å². The van der Waals surface area contributed by atoms with Crippen molar-refractivity contribution in [3.05, 3.63) is 11.8 Å². The van der Waals surface area contributed by atoms with Crippen molar-refractivity contribution in [3.63, 3.8) is 0 Å². The Morgan fingerprint density at radius 2 is 2.07 bits per heavy atom. The number of anilines is 1. The van der Waals surface area contributed by atoms with Gasteiger partial charge in [-0.05, 0) is 6.92 Å². The van der Waals surface area contributed by atoms with Crippen LogP contribution in [0.4, 0.5) is 19.0 Å². The molecule has 5 nitrogen and oxygen atoms in total. The van der Waals surface area contributed by atoms with E-state index in [2.05, 4.69) is 10.2 Å². The van der Waals surface area contributed by atoms with Gasteiger partial charge < -0.3 is 0 Å². The minimum absolute atomic E-state index is 0.389. The summed E-state index contributed by atoms with van der Waals surface area (Å²) in [6.45, 7) is 1.53. The SMILES string of the molecule is Cc1cc(NS(=O)(=O)C(F)(F)F)n[nH]1. The van der Waals surface area contributed by atoms with Gasteiger partial charge >= 0.3 is 15.5 Å². The summed E-state index contributed by atoms with van der Waals surface area (Å²) in [5.41, 5.74) is -4.88. The van der Waals surface area contributed by atoms with Crippen molar-refractivity contribution >= 4 is 15.8 Å². The van der Waals surface area contributed by atoms with Crippen molar-refractivity contribution in [2.75, 3.05) is 4.72 Å². The molecule has 0 aliphatic carbocycles. The van der Waals surface area contributed by atoms with Crippen molar-refractivity contribution in [3.8, 4) is 0 Å². The Bertz CT molecular complexity index is 422. The van der Waals surface area contributed by atoms with Crippen LogP contribution in [-0.2, 0) is 10.0 Å². The van der Waals surface area contributed by atoms with Crippen LogP contribution < -0.4 is 4.72 Å². The first kappa shape index (κ1) is 10.8. The van der Waals surface area contributed by atoms with E-state index >= 15 is 0 Å². The van der Waals surface area contributed by atoms with E-state index in [9.17, 15) is 21.6 Å². The summed E-state index contributed by atoms with van der Waals surface area (Å²) >= 11 is 0. The molecular weight excluding hydrogens is 223 g/mol. The largest absolute Gasteiger partial charge is 0.516 e. The standard InChI is InChI=1S/C5H6F3N3O2S/c1-3-2-4(10-9-3)11-14(12,13)5(6,7)8/h2H,1H3,(H2,9,10,11). The van der Waals surface area contributed by atoms with Gasteiger partial charge in [-0.15, -0.1) is 0 Å². The molecule has 0 amide bonds. The number of aromatic nitrogens is 2. The highest BCUT2D eigenvalue weighted by molar-refractivity contribution is 7.93. The summed E-state index contributed by atoms with van der Waals surface area (Å²) in [6.07, 6.45) is 0. The van der Waals surface area contributed by atoms with Crippen LogP contribution in [0, 0.1) is 6.92 Å². The van der Waals surface area contributed by atoms with E-state index in [0.29, 0.717) is 5.69 Å². The molecule has 0 aliphatic heterocycles. The second kappa shape index (κ2) is 3.15. The van der Waals surface area contributed by atoms with Gasteiger partial charge in [-0.25, -0.2) is 0 Å². The summed E-state index contributed by atoms with van der Waals surface area (Å²) in [4.78, 5) is 0. The lowest BCUT2D eigenvalue weighted by molar-refractivity contribution is -0.0429. The lowest BCUT2D eigenvalue weighted by Crippen LogP contribution is -2.30. The molecule has 2 N–H and O–H groups in total. The monoisotopic (exact) mass is 229 g/mol. The Morgan fingerprint density at radius 1 is 1.50 bits per heavy atom. The molecule has 0 saturated heterocycles. The zero-order valence-corrected chi connectivity index (χ0v) is 7.70. The van der Waals surface area contributed by atoms with E-state index < -0.39 is 15.5 Å². The Morgan fingerprint density at radius 3 is 2.43 bits per heavy atom. The average molecular weight is 229 g/mol. The smallest absolute Gasteiger partial charge is 0.281 e. The third kappa shape index (κ3) is 2.16. The molecule has 1 rings (SSSR count). The predicted octanol–water partition coefficient (Wildman–Crippen LogP) is 0.980. The maximum absolute atomic E-state index is 11.8. The highest BCUT2D eigenvalue weighted by atomic mass is 32.2. The van der Waals surface area contributed by atoms with Crippen LogP contribution in [0.1, 0.15) is 5.69 Å². The number of nitrogens with zero attached hydrogens (tertiary/aromatic N) is 1. The Labute approximate surface area is 77.4 Å². The van der Waals surface area contributed by atoms with Crippen LogP contribution >= 0.6 is 0 Å². The molecule has 0 aliphatic rings. The molecule has 0 bridgehead atoms. The lowest BCUT2D eigenvalue weighted by atomic mass is 10.5. The van der Waals surface area contributed by atoms with Crippen molar-refractivity contribution in [2.24, 2.45) is 0 Å². The molecule has 0 aromatic carbocycles. The van der Waals surface area contributed by atoms with E-state index in [-0.39, 0.29) is 5.82 Å². The van der Waals surface area contributed by atoms with Crippen LogP contribution in [-0.4, -0.2) is 24.1 Å². The molecule has 0 spiro atoms. The fourth-order valence-electron chi connectivity index (χ4n) is 0.666. The molecule has 0 unspecified atom stereocenters. The molecule has 0 radical (unpaired) electrons. The first-order chi connectivity index (χ1) is 6.22. The van der Waals surface area contributed by atoms with Gasteiger partial charge in [0, 0.05) is 11.8 Å². The maximum Gasteiger partial charge on any atom is 0.516 e. The third-order valence-corrected chi connectivity index (χ3v) is 2.34. The fraction of sp³-hybridized carbons (Fsp3) is 0.400. The van der Waals surface area contributed by atoms with Gasteiger partial charge in [0.1, 0.15) is 0 Å². The summed E-state index contributed by atoms with van der Waals surface area (Å²) < 4.78 is 57.9. The Balaban J connectivity index is 2.90. The number of alkyl halides is 3. The summed E-state index contributed by atoms with van der Waals surface area (Å²) in [5, 5.41) is 5.60. The normalized spacial score (nSPS) is 12.9. The Kier molecular flexibility index (Phi) is 2.44. The number of hydrogen-bond acceptors (Lipinski definition) is 3. The van der Waals surface area contributed by atoms with Crippen LogP contribution in [0.15, 0.2) is 6.07 Å². The van der Waals surface area contributed by atoms with Crippen LogP contribution in [0.3, 0.4) is 0 Å². The predicted molar refractivity (Wildman–Crippen MR) is 41.9 cm³/mol. The number of sulfonamides is 1. The first-order valence-corrected chi connectivity index (χ1v) is 4.82. The number of nitrogens with one attached hydrogen (secondary N) is 2. The topological polar surface area (TPSA) is 74.8 Å². The number of H-pyrrole nitrogens is 1. The van der Waals surface area contributed by atoms with E-state index in [0.717, 1.165) is 6.07 Å². The highest BCUT2D eigenvalue weighted by Gasteiger charge is 2.46. The fourth-order valence-corrected chi connectivity index (χ4v) is 1.16. The van der Waals surface area contributed by atoms with Gasteiger partial charge in [-0.3, -0.25) is 9.82 Å². The quantitative estimate of drug-likeness (QED) is 0.793. The van der Waals surface area contributed by atoms with Gasteiger partial charge in [0.15, 0.2) is 5.82 Å². The zero-order valence-electron chi connectivity index (χ0n) is 6.88. The average Bonchev–Trinajstić information content (AvgIpc) is 2.31. The van der Waals surface area contributed by atoms with E-state index in [1.165, 1.54) is 11.6 Å². The highest BCUT2D eigenvalue weighted by Crippen LogP contribution is 2.24. The molecule has 80 valence electrons. The molecule has 1 heterocycles. The number of aromatic amines is 1. The van der Waals surface area contributed by atoms with Gasteiger partial charge in [0.25, 0.3) is 0 Å². The van der Waals surface area contributed by atoms with Crippen LogP contribution in [0.25, 0.3) is 0 Å². The maximum atomic E-state index is 11.8. The van der Waals surface area contributed by atoms with E-state index in [1.54, 1.807) is 0 Å². The molecule has 1 aromatic heterocycles. The second-order valence-electron chi connectivity index (χ2n) is 2.49. The Hall–Kier alpha value is -1.25. The molecule has 14 heavy (non-hydrogen) atoms. The lowest BCUT2D eigenvalue weighted by Gasteiger charge is -2.07. The minimum Gasteiger partial charge on any atom is -0.281 e. The third-order valence-electron chi connectivity index (χ3n) is 1.25. The molecular formula is C5H6F3N3O2S. The zero-order chi connectivity index (χ0) is 11.0. The summed E-state index contributed by atoms with van der Waals surface area (Å²) in [5.74, 6) is -0.389. The second-order valence-corrected chi connectivity index (χ2v) is 4.16. The van der Waals surface area contributed by atoms with Gasteiger partial charge in [-0.2, -0.15) is 26.7 Å². The summed E-state index contributed by atoms with van der Waals surface area (Å²) in [6, 6.07) is 1.14. The summed E-state index contributed by atoms with van der Waals surface area (Å²) in [7, 11) is -5.37. The van der Waals surface area contributed by atoms with Crippen molar-refractivity contribution in [2.45, 2.75) is 12.4 Å².